The van der Waals surface area contributed by atoms with Gasteiger partial charge in [0, 0.05) is 12.2 Å². The summed E-state index contributed by atoms with van der Waals surface area (Å²) in [4.78, 5) is 4.47. The molecule has 1 aliphatic heterocycles. The highest BCUT2D eigenvalue weighted by Crippen LogP contribution is 2.52. The van der Waals surface area contributed by atoms with E-state index in [1.165, 1.54) is 12.1 Å². The Morgan fingerprint density at radius 1 is 1.35 bits per heavy atom. The number of benzene rings is 1. The van der Waals surface area contributed by atoms with Crippen molar-refractivity contribution in [3.63, 3.8) is 0 Å². The number of ether oxygens (including phenoxy) is 1. The van der Waals surface area contributed by atoms with Crippen molar-refractivity contribution in [1.82, 2.24) is 4.67 Å². The van der Waals surface area contributed by atoms with Crippen LogP contribution >= 0.6 is 6.42 Å². The molecule has 1 aromatic rings. The summed E-state index contributed by atoms with van der Waals surface area (Å²) < 4.78 is 40.0. The van der Waals surface area contributed by atoms with Gasteiger partial charge in [-0.1, -0.05) is 6.92 Å². The van der Waals surface area contributed by atoms with Crippen LogP contribution in [-0.2, 0) is 21.1 Å². The first-order chi connectivity index (χ1) is 10.9. The van der Waals surface area contributed by atoms with Crippen molar-refractivity contribution in [3.05, 3.63) is 35.4 Å². The summed E-state index contributed by atoms with van der Waals surface area (Å²) in [5, 5.41) is 0. The molecule has 2 rings (SSSR count). The number of hydrogen-bond donors (Lipinski definition) is 0. The monoisotopic (exact) mass is 362 g/mol. The van der Waals surface area contributed by atoms with Crippen LogP contribution in [0.25, 0.3) is 0 Å². The maximum Gasteiger partial charge on any atom is 0.293 e. The van der Waals surface area contributed by atoms with Crippen molar-refractivity contribution in [2.75, 3.05) is 25.9 Å². The minimum absolute atomic E-state index is 0.404. The van der Waals surface area contributed by atoms with Gasteiger partial charge in [0.1, 0.15) is 18.2 Å². The molecule has 0 N–H and O–H groups in total. The summed E-state index contributed by atoms with van der Waals surface area (Å²) in [6, 6.07) is 3.34. The van der Waals surface area contributed by atoms with Gasteiger partial charge in [-0.05, 0) is 43.4 Å². The lowest BCUT2D eigenvalue weighted by atomic mass is 10.1. The van der Waals surface area contributed by atoms with E-state index in [-0.39, 0.29) is 0 Å². The second-order valence-electron chi connectivity index (χ2n) is 5.13. The lowest BCUT2D eigenvalue weighted by molar-refractivity contribution is 0.346. The van der Waals surface area contributed by atoms with Crippen LogP contribution in [0.15, 0.2) is 23.2 Å². The highest BCUT2D eigenvalue weighted by atomic mass is 32.4. The molecule has 0 aliphatic carbocycles. The zero-order valence-corrected chi connectivity index (χ0v) is 15.2. The molecule has 1 fully saturated rings. The molecule has 0 amide bonds. The van der Waals surface area contributed by atoms with Crippen molar-refractivity contribution in [2.45, 2.75) is 26.8 Å². The van der Waals surface area contributed by atoms with E-state index in [2.05, 4.69) is 4.99 Å². The Kier molecular flexibility index (Phi) is 6.12. The molecule has 4 nitrogen and oxygen atoms in total. The molecule has 0 radical (unpaired) electrons. The molecule has 1 heterocycles. The molecule has 1 aliphatic rings. The van der Waals surface area contributed by atoms with Gasteiger partial charge in [-0.3, -0.25) is 4.67 Å². The smallest absolute Gasteiger partial charge is 0.293 e. The third-order valence-electron chi connectivity index (χ3n) is 3.52. The van der Waals surface area contributed by atoms with E-state index in [0.717, 1.165) is 6.07 Å². The number of amidine groups is 1. The van der Waals surface area contributed by atoms with E-state index in [1.807, 2.05) is 18.5 Å². The summed E-state index contributed by atoms with van der Waals surface area (Å²) in [7, 11) is 0. The van der Waals surface area contributed by atoms with Gasteiger partial charge >= 0.3 is 0 Å². The molecule has 128 valence electrons. The van der Waals surface area contributed by atoms with Crippen molar-refractivity contribution >= 4 is 24.2 Å². The van der Waals surface area contributed by atoms with Crippen LogP contribution in [0.4, 0.5) is 8.78 Å². The molecule has 1 saturated heterocycles. The van der Waals surface area contributed by atoms with Crippen LogP contribution in [0.3, 0.4) is 0 Å². The van der Waals surface area contributed by atoms with Crippen LogP contribution in [0.1, 0.15) is 32.4 Å². The van der Waals surface area contributed by atoms with Crippen LogP contribution < -0.4 is 0 Å². The molecule has 0 bridgehead atoms. The van der Waals surface area contributed by atoms with E-state index in [0.29, 0.717) is 37.5 Å². The van der Waals surface area contributed by atoms with E-state index < -0.39 is 24.1 Å². The summed E-state index contributed by atoms with van der Waals surface area (Å²) in [6.07, 6.45) is -1.51. The predicted molar refractivity (Wildman–Crippen MR) is 91.3 cm³/mol. The molecule has 1 aromatic carbocycles. The number of nitrogens with zero attached hydrogens (tertiary/aromatic N) is 2. The molecule has 0 spiro atoms. The average Bonchev–Trinajstić information content (AvgIpc) is 2.95. The Bertz CT molecular complexity index is 622. The van der Waals surface area contributed by atoms with Crippen molar-refractivity contribution in [1.29, 1.82) is 0 Å². The van der Waals surface area contributed by atoms with Gasteiger partial charge in [-0.15, -0.1) is 0 Å². The van der Waals surface area contributed by atoms with Crippen LogP contribution in [0.2, 0.25) is 0 Å². The topological polar surface area (TPSA) is 34.1 Å². The highest BCUT2D eigenvalue weighted by molar-refractivity contribution is 8.11. The second kappa shape index (κ2) is 7.69. The lowest BCUT2D eigenvalue weighted by Gasteiger charge is -2.30. The highest BCUT2D eigenvalue weighted by Gasteiger charge is 2.33. The minimum Gasteiger partial charge on any atom is -0.463 e. The molecule has 2 unspecified atom stereocenters. The van der Waals surface area contributed by atoms with E-state index in [9.17, 15) is 8.78 Å². The molecule has 2 atom stereocenters. The molecule has 23 heavy (non-hydrogen) atoms. The summed E-state index contributed by atoms with van der Waals surface area (Å²) in [5.74, 6) is -1.24. The molecule has 0 aromatic heterocycles. The van der Waals surface area contributed by atoms with Crippen LogP contribution in [-0.4, -0.2) is 36.6 Å². The molecule has 0 saturated carbocycles. The van der Waals surface area contributed by atoms with Gasteiger partial charge in [-0.25, -0.2) is 13.8 Å². The summed E-state index contributed by atoms with van der Waals surface area (Å²) in [5.41, 5.74) is 0.451. The van der Waals surface area contributed by atoms with E-state index in [4.69, 9.17) is 21.1 Å². The second-order valence-corrected chi connectivity index (χ2v) is 9.49. The third kappa shape index (κ3) is 4.28. The molecular formula is C15H21F2N2O2PS. The normalized spacial score (nSPS) is 20.4. The van der Waals surface area contributed by atoms with Gasteiger partial charge in [0.05, 0.1) is 19.2 Å². The van der Waals surface area contributed by atoms with Gasteiger partial charge < -0.3 is 9.26 Å². The SMILES string of the molecule is CCOP(=S)(CC)N1CCO/C1=N/C(C)c1cc(F)cc(F)c1. The van der Waals surface area contributed by atoms with Gasteiger partial charge in [0.15, 0.2) is 6.42 Å². The Labute approximate surface area is 140 Å². The Balaban J connectivity index is 2.27. The third-order valence-corrected chi connectivity index (χ3v) is 7.77. The van der Waals surface area contributed by atoms with Crippen LogP contribution in [0.5, 0.6) is 0 Å². The standard InChI is InChI=1S/C15H21F2N2O2PS/c1-4-21-22(23,5-2)19-6-7-20-15(19)18-11(3)12-8-13(16)10-14(17)9-12/h8-11H,4-7H2,1-3H3/b18-15+. The zero-order chi connectivity index (χ0) is 17.0. The van der Waals surface area contributed by atoms with E-state index >= 15 is 0 Å². The quantitative estimate of drug-likeness (QED) is 0.714. The first-order valence-corrected chi connectivity index (χ1v) is 10.4. The van der Waals surface area contributed by atoms with Gasteiger partial charge in [0.2, 0.25) is 0 Å². The fourth-order valence-corrected chi connectivity index (χ4v) is 4.96. The number of rotatable bonds is 6. The minimum atomic E-state index is -2.21. The van der Waals surface area contributed by atoms with Crippen LogP contribution in [0, 0.1) is 11.6 Å². The Hall–Kier alpha value is -1.04. The molecule has 8 heteroatoms. The van der Waals surface area contributed by atoms with Crippen molar-refractivity contribution in [2.24, 2.45) is 4.99 Å². The van der Waals surface area contributed by atoms with Gasteiger partial charge in [0.25, 0.3) is 6.02 Å². The fraction of sp³-hybridized carbons (Fsp3) is 0.533. The zero-order valence-electron chi connectivity index (χ0n) is 13.5. The maximum absolute atomic E-state index is 13.4. The Morgan fingerprint density at radius 3 is 2.57 bits per heavy atom. The molecular weight excluding hydrogens is 341 g/mol. The summed E-state index contributed by atoms with van der Waals surface area (Å²) >= 11 is 5.68. The number of halogens is 2. The number of aliphatic imine (C=N–C) groups is 1. The largest absolute Gasteiger partial charge is 0.463 e. The Morgan fingerprint density at radius 2 is 2.00 bits per heavy atom. The van der Waals surface area contributed by atoms with Gasteiger partial charge in [-0.2, -0.15) is 0 Å². The maximum atomic E-state index is 13.4. The number of hydrogen-bond acceptors (Lipinski definition) is 4. The lowest BCUT2D eigenvalue weighted by Crippen LogP contribution is -2.25. The average molecular weight is 362 g/mol. The predicted octanol–water partition coefficient (Wildman–Crippen LogP) is 4.08. The summed E-state index contributed by atoms with van der Waals surface area (Å²) in [6.45, 7) is 7.28. The van der Waals surface area contributed by atoms with Crippen molar-refractivity contribution in [3.8, 4) is 0 Å². The first kappa shape index (κ1) is 18.3. The first-order valence-electron chi connectivity index (χ1n) is 7.57. The van der Waals surface area contributed by atoms with E-state index in [1.54, 1.807) is 6.92 Å². The fourth-order valence-electron chi connectivity index (χ4n) is 2.37. The van der Waals surface area contributed by atoms with Crippen molar-refractivity contribution < 1.29 is 18.0 Å².